The van der Waals surface area contributed by atoms with Gasteiger partial charge in [0.1, 0.15) is 11.5 Å². The van der Waals surface area contributed by atoms with E-state index in [0.29, 0.717) is 16.9 Å². The first-order valence-electron chi connectivity index (χ1n) is 9.55. The third-order valence-corrected chi connectivity index (χ3v) is 5.08. The van der Waals surface area contributed by atoms with E-state index in [0.717, 1.165) is 22.3 Å². The molecular formula is C22H19FN8. The normalized spacial score (nSPS) is 18.3. The van der Waals surface area contributed by atoms with Crippen molar-refractivity contribution >= 4 is 34.1 Å². The highest BCUT2D eigenvalue weighted by atomic mass is 19.1. The van der Waals surface area contributed by atoms with Gasteiger partial charge in [-0.3, -0.25) is 10.7 Å². The van der Waals surface area contributed by atoms with Crippen molar-refractivity contribution in [2.24, 2.45) is 16.5 Å². The lowest BCUT2D eigenvalue weighted by molar-refractivity contribution is 0.570. The molecule has 0 spiro atoms. The molecule has 5 rings (SSSR count). The monoisotopic (exact) mass is 414 g/mol. The first kappa shape index (κ1) is 18.8. The van der Waals surface area contributed by atoms with E-state index >= 15 is 4.39 Å². The van der Waals surface area contributed by atoms with Gasteiger partial charge in [0.15, 0.2) is 11.6 Å². The van der Waals surface area contributed by atoms with Gasteiger partial charge >= 0.3 is 0 Å². The number of halogens is 1. The van der Waals surface area contributed by atoms with Crippen molar-refractivity contribution in [3.63, 3.8) is 0 Å². The predicted octanol–water partition coefficient (Wildman–Crippen LogP) is 2.91. The Balaban J connectivity index is 1.49. The van der Waals surface area contributed by atoms with E-state index in [1.807, 2.05) is 18.2 Å². The number of rotatable bonds is 4. The molecule has 1 aliphatic heterocycles. The summed E-state index contributed by atoms with van der Waals surface area (Å²) in [6, 6.07) is 12.0. The number of aliphatic imine (C=N–C) groups is 1. The van der Waals surface area contributed by atoms with Crippen molar-refractivity contribution in [2.75, 3.05) is 5.32 Å². The number of guanidine groups is 1. The Morgan fingerprint density at radius 2 is 1.84 bits per heavy atom. The van der Waals surface area contributed by atoms with Crippen LogP contribution in [0.2, 0.25) is 0 Å². The number of hydrogen-bond donors (Lipinski definition) is 5. The molecule has 3 aromatic heterocycles. The molecule has 0 bridgehead atoms. The summed E-state index contributed by atoms with van der Waals surface area (Å²) in [5.41, 5.74) is 14.9. The van der Waals surface area contributed by atoms with Crippen molar-refractivity contribution in [2.45, 2.75) is 5.66 Å². The molecular weight excluding hydrogens is 395 g/mol. The Bertz CT molecular complexity index is 1330. The largest absolute Gasteiger partial charge is 0.370 e. The zero-order valence-corrected chi connectivity index (χ0v) is 16.3. The number of aromatic amines is 1. The fraction of sp³-hybridized carbons (Fsp3) is 0.0455. The highest BCUT2D eigenvalue weighted by Gasteiger charge is 2.30. The van der Waals surface area contributed by atoms with E-state index < -0.39 is 11.5 Å². The van der Waals surface area contributed by atoms with E-state index in [1.165, 1.54) is 6.07 Å². The summed E-state index contributed by atoms with van der Waals surface area (Å²) in [7, 11) is 0. The first-order chi connectivity index (χ1) is 15.0. The maximum absolute atomic E-state index is 15.0. The van der Waals surface area contributed by atoms with E-state index in [2.05, 4.69) is 30.6 Å². The molecule has 154 valence electrons. The molecule has 0 fully saturated rings. The second kappa shape index (κ2) is 7.22. The van der Waals surface area contributed by atoms with E-state index in [-0.39, 0.29) is 5.96 Å². The Kier molecular flexibility index (Phi) is 4.37. The molecule has 4 heterocycles. The molecule has 4 aromatic rings. The van der Waals surface area contributed by atoms with Crippen LogP contribution in [0, 0.1) is 5.82 Å². The lowest BCUT2D eigenvalue weighted by Crippen LogP contribution is -2.44. The molecule has 0 saturated carbocycles. The van der Waals surface area contributed by atoms with Gasteiger partial charge in [-0.25, -0.2) is 14.4 Å². The predicted molar refractivity (Wildman–Crippen MR) is 119 cm³/mol. The van der Waals surface area contributed by atoms with Crippen LogP contribution in [0.3, 0.4) is 0 Å². The lowest BCUT2D eigenvalue weighted by atomic mass is 9.96. The summed E-state index contributed by atoms with van der Waals surface area (Å²) in [6.45, 7) is 0. The average Bonchev–Trinajstić information content (AvgIpc) is 3.25. The molecule has 1 unspecified atom stereocenters. The van der Waals surface area contributed by atoms with Gasteiger partial charge in [-0.1, -0.05) is 6.07 Å². The quantitative estimate of drug-likeness (QED) is 0.349. The fourth-order valence-electron chi connectivity index (χ4n) is 3.57. The van der Waals surface area contributed by atoms with Gasteiger partial charge in [-0.15, -0.1) is 0 Å². The van der Waals surface area contributed by atoms with Gasteiger partial charge in [0.25, 0.3) is 0 Å². The highest BCUT2D eigenvalue weighted by molar-refractivity contribution is 5.92. The van der Waals surface area contributed by atoms with Crippen LogP contribution in [0.25, 0.3) is 16.7 Å². The third-order valence-electron chi connectivity index (χ3n) is 5.08. The zero-order valence-electron chi connectivity index (χ0n) is 16.3. The SMILES string of the molecule is NC1=NC(N)(c2ccc(Nc3ccnc4[nH]ccc34)c(F)c2)C=C(c2ccncc2)N1. The Morgan fingerprint density at radius 1 is 1.00 bits per heavy atom. The summed E-state index contributed by atoms with van der Waals surface area (Å²) in [6.07, 6.45) is 8.48. The van der Waals surface area contributed by atoms with Gasteiger partial charge in [-0.05, 0) is 42.5 Å². The van der Waals surface area contributed by atoms with Crippen molar-refractivity contribution in [3.05, 3.63) is 90.3 Å². The Hall–Kier alpha value is -4.24. The number of pyridine rings is 2. The topological polar surface area (TPSA) is 130 Å². The van der Waals surface area contributed by atoms with E-state index in [1.54, 1.807) is 49.1 Å². The van der Waals surface area contributed by atoms with Crippen LogP contribution in [0.5, 0.6) is 0 Å². The van der Waals surface area contributed by atoms with Crippen LogP contribution in [0.1, 0.15) is 11.1 Å². The van der Waals surface area contributed by atoms with Crippen molar-refractivity contribution < 1.29 is 4.39 Å². The molecule has 31 heavy (non-hydrogen) atoms. The van der Waals surface area contributed by atoms with Crippen molar-refractivity contribution in [1.82, 2.24) is 20.3 Å². The van der Waals surface area contributed by atoms with Gasteiger partial charge in [0.2, 0.25) is 0 Å². The van der Waals surface area contributed by atoms with E-state index in [4.69, 9.17) is 11.5 Å². The molecule has 0 radical (unpaired) electrons. The summed E-state index contributed by atoms with van der Waals surface area (Å²) < 4.78 is 15.0. The maximum atomic E-state index is 15.0. The second-order valence-electron chi connectivity index (χ2n) is 7.16. The van der Waals surface area contributed by atoms with Crippen LogP contribution >= 0.6 is 0 Å². The molecule has 7 N–H and O–H groups in total. The number of benzene rings is 1. The number of hydrogen-bond acceptors (Lipinski definition) is 7. The number of anilines is 2. The second-order valence-corrected chi connectivity index (χ2v) is 7.16. The Morgan fingerprint density at radius 3 is 2.65 bits per heavy atom. The maximum Gasteiger partial charge on any atom is 0.195 e. The number of H-pyrrole nitrogens is 1. The molecule has 0 aliphatic carbocycles. The number of nitrogens with zero attached hydrogens (tertiary/aromatic N) is 3. The molecule has 1 aromatic carbocycles. The van der Waals surface area contributed by atoms with Crippen LogP contribution in [0.4, 0.5) is 15.8 Å². The minimum Gasteiger partial charge on any atom is -0.370 e. The minimum absolute atomic E-state index is 0.144. The third kappa shape index (κ3) is 3.47. The summed E-state index contributed by atoms with van der Waals surface area (Å²) >= 11 is 0. The number of fused-ring (bicyclic) bond motifs is 1. The van der Waals surface area contributed by atoms with E-state index in [9.17, 15) is 0 Å². The average molecular weight is 414 g/mol. The molecule has 1 atom stereocenters. The van der Waals surface area contributed by atoms with Crippen molar-refractivity contribution in [3.8, 4) is 0 Å². The molecule has 8 nitrogen and oxygen atoms in total. The molecule has 1 aliphatic rings. The van der Waals surface area contributed by atoms with Gasteiger partial charge in [0, 0.05) is 47.0 Å². The van der Waals surface area contributed by atoms with Crippen LogP contribution in [-0.2, 0) is 5.66 Å². The molecule has 0 saturated heterocycles. The molecule has 0 amide bonds. The fourth-order valence-corrected chi connectivity index (χ4v) is 3.57. The lowest BCUT2D eigenvalue weighted by Gasteiger charge is -2.29. The summed E-state index contributed by atoms with van der Waals surface area (Å²) in [5.74, 6) is -0.319. The number of aromatic nitrogens is 3. The zero-order chi connectivity index (χ0) is 21.4. The summed E-state index contributed by atoms with van der Waals surface area (Å²) in [4.78, 5) is 15.6. The Labute approximate surface area is 176 Å². The summed E-state index contributed by atoms with van der Waals surface area (Å²) in [5, 5.41) is 6.98. The standard InChI is InChI=1S/C22H19FN8/c23-16-11-14(1-2-18(16)29-17-6-10-28-20-15(17)5-9-27-20)22(25)12-19(30-21(24)31-22)13-3-7-26-8-4-13/h1-12H,25H2,(H3,24,30,31)(H2,27,28,29). The smallest absolute Gasteiger partial charge is 0.195 e. The number of nitrogens with one attached hydrogen (secondary N) is 3. The van der Waals surface area contributed by atoms with Gasteiger partial charge in [-0.2, -0.15) is 0 Å². The van der Waals surface area contributed by atoms with Gasteiger partial charge < -0.3 is 21.4 Å². The number of nitrogens with two attached hydrogens (primary N) is 2. The first-order valence-corrected chi connectivity index (χ1v) is 9.55. The van der Waals surface area contributed by atoms with Gasteiger partial charge in [0.05, 0.1) is 11.4 Å². The van der Waals surface area contributed by atoms with Crippen LogP contribution in [0.15, 0.2) is 78.3 Å². The highest BCUT2D eigenvalue weighted by Crippen LogP contribution is 2.32. The minimum atomic E-state index is -1.32. The van der Waals surface area contributed by atoms with Crippen LogP contribution < -0.4 is 22.1 Å². The van der Waals surface area contributed by atoms with Crippen LogP contribution in [-0.4, -0.2) is 20.9 Å². The van der Waals surface area contributed by atoms with Crippen molar-refractivity contribution in [1.29, 1.82) is 0 Å². The molecule has 9 heteroatoms.